The molecule has 2 aromatic carbocycles. The maximum Gasteiger partial charge on any atom is 0.125 e. The lowest BCUT2D eigenvalue weighted by Crippen LogP contribution is -2.05. The monoisotopic (exact) mass is 276 g/mol. The van der Waals surface area contributed by atoms with Crippen LogP contribution >= 0.6 is 11.6 Å². The van der Waals surface area contributed by atoms with Crippen LogP contribution in [0.2, 0.25) is 5.02 Å². The number of aryl methyl sites for hydroxylation is 1. The number of aliphatic hydroxyl groups excluding tert-OH is 1. The highest BCUT2D eigenvalue weighted by molar-refractivity contribution is 6.30. The number of ether oxygens (including phenoxy) is 1. The van der Waals surface area contributed by atoms with Gasteiger partial charge in [0.1, 0.15) is 11.9 Å². The Bertz CT molecular complexity index is 593. The van der Waals surface area contributed by atoms with Gasteiger partial charge >= 0.3 is 0 Å². The Kier molecular flexibility index (Phi) is 4.13. The van der Waals surface area contributed by atoms with Crippen LogP contribution in [0.3, 0.4) is 0 Å². The summed E-state index contributed by atoms with van der Waals surface area (Å²) in [7, 11) is 1.59. The van der Waals surface area contributed by atoms with Crippen LogP contribution in [0.4, 0.5) is 0 Å². The molecule has 3 heteroatoms. The molecule has 1 unspecified atom stereocenters. The first-order chi connectivity index (χ1) is 9.04. The SMILES string of the molecule is COc1ccc(Cl)cc1C(O)c1cccc(C)c1C. The Morgan fingerprint density at radius 3 is 2.53 bits per heavy atom. The van der Waals surface area contributed by atoms with Crippen LogP contribution in [0.5, 0.6) is 5.75 Å². The summed E-state index contributed by atoms with van der Waals surface area (Å²) in [6, 6.07) is 11.2. The quantitative estimate of drug-likeness (QED) is 0.916. The Morgan fingerprint density at radius 2 is 1.84 bits per heavy atom. The molecule has 0 aromatic heterocycles. The second-order valence-corrected chi connectivity index (χ2v) is 5.01. The second kappa shape index (κ2) is 5.64. The van der Waals surface area contributed by atoms with Crippen LogP contribution in [0.25, 0.3) is 0 Å². The minimum atomic E-state index is -0.742. The predicted molar refractivity (Wildman–Crippen MR) is 78.0 cm³/mol. The third kappa shape index (κ3) is 2.75. The van der Waals surface area contributed by atoms with Gasteiger partial charge in [-0.15, -0.1) is 0 Å². The fourth-order valence-electron chi connectivity index (χ4n) is 2.16. The van der Waals surface area contributed by atoms with Crippen LogP contribution in [0.1, 0.15) is 28.4 Å². The number of halogens is 1. The Hall–Kier alpha value is -1.51. The first-order valence-electron chi connectivity index (χ1n) is 6.12. The highest BCUT2D eigenvalue weighted by Crippen LogP contribution is 2.34. The molecule has 1 atom stereocenters. The van der Waals surface area contributed by atoms with Gasteiger partial charge in [-0.2, -0.15) is 0 Å². The standard InChI is InChI=1S/C16H17ClO2/c1-10-5-4-6-13(11(10)2)16(18)14-9-12(17)7-8-15(14)19-3/h4-9,16,18H,1-3H3. The highest BCUT2D eigenvalue weighted by Gasteiger charge is 2.18. The molecule has 19 heavy (non-hydrogen) atoms. The van der Waals surface area contributed by atoms with Crippen molar-refractivity contribution in [2.24, 2.45) is 0 Å². The van der Waals surface area contributed by atoms with Crippen molar-refractivity contribution in [1.29, 1.82) is 0 Å². The van der Waals surface area contributed by atoms with E-state index in [0.29, 0.717) is 16.3 Å². The zero-order chi connectivity index (χ0) is 14.0. The van der Waals surface area contributed by atoms with Crippen molar-refractivity contribution in [3.8, 4) is 5.75 Å². The van der Waals surface area contributed by atoms with Crippen LogP contribution in [-0.4, -0.2) is 12.2 Å². The Balaban J connectivity index is 2.52. The van der Waals surface area contributed by atoms with Gasteiger partial charge in [0.25, 0.3) is 0 Å². The molecule has 100 valence electrons. The van der Waals surface area contributed by atoms with Gasteiger partial charge in [-0.1, -0.05) is 29.8 Å². The third-order valence-electron chi connectivity index (χ3n) is 3.43. The summed E-state index contributed by atoms with van der Waals surface area (Å²) in [4.78, 5) is 0. The Labute approximate surface area is 118 Å². The van der Waals surface area contributed by atoms with E-state index in [0.717, 1.165) is 16.7 Å². The molecule has 0 fully saturated rings. The molecule has 0 aliphatic rings. The van der Waals surface area contributed by atoms with Crippen LogP contribution in [0.15, 0.2) is 36.4 Å². The van der Waals surface area contributed by atoms with Gasteiger partial charge in [0.15, 0.2) is 0 Å². The molecule has 0 aliphatic heterocycles. The number of hydrogen-bond acceptors (Lipinski definition) is 2. The number of benzene rings is 2. The van der Waals surface area contributed by atoms with E-state index < -0.39 is 6.10 Å². The summed E-state index contributed by atoms with van der Waals surface area (Å²) < 4.78 is 5.29. The van der Waals surface area contributed by atoms with E-state index >= 15 is 0 Å². The van der Waals surface area contributed by atoms with E-state index in [4.69, 9.17) is 16.3 Å². The van der Waals surface area contributed by atoms with Crippen molar-refractivity contribution in [1.82, 2.24) is 0 Å². The summed E-state index contributed by atoms with van der Waals surface area (Å²) in [6.45, 7) is 4.03. The minimum absolute atomic E-state index is 0.583. The van der Waals surface area contributed by atoms with Gasteiger partial charge in [-0.05, 0) is 48.7 Å². The number of rotatable bonds is 3. The highest BCUT2D eigenvalue weighted by atomic mass is 35.5. The molecule has 0 saturated carbocycles. The summed E-state index contributed by atoms with van der Waals surface area (Å²) >= 11 is 6.01. The lowest BCUT2D eigenvalue weighted by Gasteiger charge is -2.18. The fourth-order valence-corrected chi connectivity index (χ4v) is 2.34. The van der Waals surface area contributed by atoms with E-state index in [1.165, 1.54) is 0 Å². The van der Waals surface area contributed by atoms with Gasteiger partial charge in [0.05, 0.1) is 7.11 Å². The molecule has 2 rings (SSSR count). The molecule has 0 aliphatic carbocycles. The molecular formula is C16H17ClO2. The summed E-state index contributed by atoms with van der Waals surface area (Å²) in [5, 5.41) is 11.2. The summed E-state index contributed by atoms with van der Waals surface area (Å²) in [5.74, 6) is 0.637. The largest absolute Gasteiger partial charge is 0.496 e. The van der Waals surface area contributed by atoms with E-state index in [9.17, 15) is 5.11 Å². The minimum Gasteiger partial charge on any atom is -0.496 e. The zero-order valence-corrected chi connectivity index (χ0v) is 12.0. The summed E-state index contributed by atoms with van der Waals surface area (Å²) in [6.07, 6.45) is -0.742. The number of aliphatic hydroxyl groups is 1. The molecule has 2 aromatic rings. The number of methoxy groups -OCH3 is 1. The van der Waals surface area contributed by atoms with Gasteiger partial charge < -0.3 is 9.84 Å². The van der Waals surface area contributed by atoms with E-state index in [1.54, 1.807) is 25.3 Å². The van der Waals surface area contributed by atoms with E-state index in [2.05, 4.69) is 0 Å². The van der Waals surface area contributed by atoms with Gasteiger partial charge in [0, 0.05) is 10.6 Å². The molecule has 2 nitrogen and oxygen atoms in total. The predicted octanol–water partition coefficient (Wildman–Crippen LogP) is 4.05. The smallest absolute Gasteiger partial charge is 0.125 e. The lowest BCUT2D eigenvalue weighted by molar-refractivity contribution is 0.214. The number of hydrogen-bond donors (Lipinski definition) is 1. The third-order valence-corrected chi connectivity index (χ3v) is 3.66. The second-order valence-electron chi connectivity index (χ2n) is 4.58. The molecular weight excluding hydrogens is 260 g/mol. The van der Waals surface area contributed by atoms with Crippen molar-refractivity contribution in [3.63, 3.8) is 0 Å². The molecule has 0 saturated heterocycles. The van der Waals surface area contributed by atoms with Crippen molar-refractivity contribution in [3.05, 3.63) is 63.7 Å². The van der Waals surface area contributed by atoms with Crippen molar-refractivity contribution in [2.45, 2.75) is 20.0 Å². The average molecular weight is 277 g/mol. The zero-order valence-electron chi connectivity index (χ0n) is 11.3. The first kappa shape index (κ1) is 13.9. The van der Waals surface area contributed by atoms with Crippen LogP contribution in [0, 0.1) is 13.8 Å². The summed E-state index contributed by atoms with van der Waals surface area (Å²) in [5.41, 5.74) is 3.79. The molecule has 1 N–H and O–H groups in total. The van der Waals surface area contributed by atoms with Gasteiger partial charge in [0.2, 0.25) is 0 Å². The lowest BCUT2D eigenvalue weighted by atomic mass is 9.94. The molecule has 0 amide bonds. The topological polar surface area (TPSA) is 29.5 Å². The molecule has 0 bridgehead atoms. The molecule has 0 heterocycles. The first-order valence-corrected chi connectivity index (χ1v) is 6.50. The van der Waals surface area contributed by atoms with Crippen molar-refractivity contribution < 1.29 is 9.84 Å². The average Bonchev–Trinajstić information content (AvgIpc) is 2.41. The van der Waals surface area contributed by atoms with Crippen molar-refractivity contribution in [2.75, 3.05) is 7.11 Å². The maximum absolute atomic E-state index is 10.6. The van der Waals surface area contributed by atoms with Gasteiger partial charge in [-0.25, -0.2) is 0 Å². The molecule has 0 radical (unpaired) electrons. The van der Waals surface area contributed by atoms with Crippen molar-refractivity contribution >= 4 is 11.6 Å². The van der Waals surface area contributed by atoms with E-state index in [-0.39, 0.29) is 0 Å². The molecule has 0 spiro atoms. The normalized spacial score (nSPS) is 12.3. The van der Waals surface area contributed by atoms with Crippen LogP contribution < -0.4 is 4.74 Å². The van der Waals surface area contributed by atoms with Crippen LogP contribution in [-0.2, 0) is 0 Å². The van der Waals surface area contributed by atoms with Gasteiger partial charge in [-0.3, -0.25) is 0 Å². The Morgan fingerprint density at radius 1 is 1.11 bits per heavy atom. The fraction of sp³-hybridized carbons (Fsp3) is 0.250. The van der Waals surface area contributed by atoms with E-state index in [1.807, 2.05) is 32.0 Å². The maximum atomic E-state index is 10.6.